The van der Waals surface area contributed by atoms with Crippen LogP contribution >= 0.6 is 0 Å². The van der Waals surface area contributed by atoms with Gasteiger partial charge in [-0.2, -0.15) is 0 Å². The van der Waals surface area contributed by atoms with E-state index in [0.717, 1.165) is 5.56 Å². The Balaban J connectivity index is 1.84. The van der Waals surface area contributed by atoms with Crippen LogP contribution in [0.5, 0.6) is 0 Å². The van der Waals surface area contributed by atoms with Crippen molar-refractivity contribution in [1.82, 2.24) is 10.2 Å². The van der Waals surface area contributed by atoms with E-state index in [4.69, 9.17) is 10.5 Å². The topological polar surface area (TPSA) is 84.7 Å². The normalized spacial score (nSPS) is 14.4. The molecule has 6 heteroatoms. The lowest BCUT2D eigenvalue weighted by atomic mass is 10.1. The van der Waals surface area contributed by atoms with Crippen LogP contribution < -0.4 is 11.1 Å². The molecule has 3 N–H and O–H groups in total. The largest absolute Gasteiger partial charge is 0.460 e. The summed E-state index contributed by atoms with van der Waals surface area (Å²) in [6.45, 7) is 3.74. The number of amides is 2. The van der Waals surface area contributed by atoms with E-state index in [9.17, 15) is 9.59 Å². The average molecular weight is 263 g/mol. The SMILES string of the molecule is Cc1ccc(C(=O)OCCN2CCNC2=O)cc1N. The Bertz CT molecular complexity index is 502. The van der Waals surface area contributed by atoms with Gasteiger partial charge in [0.2, 0.25) is 0 Å². The Labute approximate surface area is 111 Å². The maximum atomic E-state index is 11.8. The summed E-state index contributed by atoms with van der Waals surface area (Å²) in [5.74, 6) is -0.425. The second kappa shape index (κ2) is 5.60. The van der Waals surface area contributed by atoms with Gasteiger partial charge in [-0.15, -0.1) is 0 Å². The molecule has 1 heterocycles. The van der Waals surface area contributed by atoms with E-state index in [1.165, 1.54) is 0 Å². The number of rotatable bonds is 4. The van der Waals surface area contributed by atoms with Crippen molar-refractivity contribution in [2.45, 2.75) is 6.92 Å². The lowest BCUT2D eigenvalue weighted by Crippen LogP contribution is -2.31. The summed E-state index contributed by atoms with van der Waals surface area (Å²) in [7, 11) is 0. The molecule has 6 nitrogen and oxygen atoms in total. The maximum absolute atomic E-state index is 11.8. The van der Waals surface area contributed by atoms with Crippen LogP contribution in [0, 0.1) is 6.92 Å². The zero-order chi connectivity index (χ0) is 13.8. The number of aryl methyl sites for hydroxylation is 1. The third-order valence-corrected chi connectivity index (χ3v) is 3.05. The molecule has 1 saturated heterocycles. The number of hydrogen-bond donors (Lipinski definition) is 2. The van der Waals surface area contributed by atoms with Gasteiger partial charge in [0.25, 0.3) is 0 Å². The van der Waals surface area contributed by atoms with Gasteiger partial charge in [0, 0.05) is 18.8 Å². The molecule has 0 spiro atoms. The van der Waals surface area contributed by atoms with E-state index in [1.54, 1.807) is 23.1 Å². The highest BCUT2D eigenvalue weighted by Gasteiger charge is 2.19. The first kappa shape index (κ1) is 13.2. The summed E-state index contributed by atoms with van der Waals surface area (Å²) < 4.78 is 5.12. The molecule has 0 saturated carbocycles. The third-order valence-electron chi connectivity index (χ3n) is 3.05. The predicted molar refractivity (Wildman–Crippen MR) is 70.8 cm³/mol. The first-order valence-corrected chi connectivity index (χ1v) is 6.14. The van der Waals surface area contributed by atoms with E-state index in [2.05, 4.69) is 5.32 Å². The van der Waals surface area contributed by atoms with Gasteiger partial charge in [0.1, 0.15) is 6.61 Å². The molecule has 1 aliphatic rings. The highest BCUT2D eigenvalue weighted by molar-refractivity contribution is 5.90. The van der Waals surface area contributed by atoms with Crippen molar-refractivity contribution in [2.75, 3.05) is 32.0 Å². The predicted octanol–water partition coefficient (Wildman–Crippen LogP) is 0.759. The number of anilines is 1. The number of carbonyl (C=O) groups is 2. The van der Waals surface area contributed by atoms with Crippen molar-refractivity contribution in [3.63, 3.8) is 0 Å². The van der Waals surface area contributed by atoms with Crippen LogP contribution in [0.2, 0.25) is 0 Å². The van der Waals surface area contributed by atoms with E-state index >= 15 is 0 Å². The molecule has 2 rings (SSSR count). The van der Waals surface area contributed by atoms with Crippen molar-refractivity contribution in [1.29, 1.82) is 0 Å². The lowest BCUT2D eigenvalue weighted by molar-refractivity contribution is 0.0481. The molecular weight excluding hydrogens is 246 g/mol. The summed E-state index contributed by atoms with van der Waals surface area (Å²) in [6, 6.07) is 4.94. The van der Waals surface area contributed by atoms with Crippen LogP contribution in [0.15, 0.2) is 18.2 Å². The quantitative estimate of drug-likeness (QED) is 0.620. The molecule has 1 fully saturated rings. The smallest absolute Gasteiger partial charge is 0.338 e. The Morgan fingerprint density at radius 3 is 2.95 bits per heavy atom. The standard InChI is InChI=1S/C13H17N3O3/c1-9-2-3-10(8-11(9)14)12(17)19-7-6-16-5-4-15-13(16)18/h2-3,8H,4-7,14H2,1H3,(H,15,18). The minimum atomic E-state index is -0.425. The van der Waals surface area contributed by atoms with Gasteiger partial charge < -0.3 is 20.7 Å². The van der Waals surface area contributed by atoms with E-state index in [0.29, 0.717) is 30.9 Å². The second-order valence-electron chi connectivity index (χ2n) is 4.43. The molecule has 1 aromatic rings. The number of nitrogens with zero attached hydrogens (tertiary/aromatic N) is 1. The number of hydrogen-bond acceptors (Lipinski definition) is 4. The van der Waals surface area contributed by atoms with Gasteiger partial charge >= 0.3 is 12.0 Å². The number of esters is 1. The van der Waals surface area contributed by atoms with Gasteiger partial charge in [0.15, 0.2) is 0 Å². The second-order valence-corrected chi connectivity index (χ2v) is 4.43. The van der Waals surface area contributed by atoms with Crippen molar-refractivity contribution >= 4 is 17.7 Å². The first-order valence-electron chi connectivity index (χ1n) is 6.14. The summed E-state index contributed by atoms with van der Waals surface area (Å²) in [5, 5.41) is 2.68. The van der Waals surface area contributed by atoms with Crippen LogP contribution in [-0.2, 0) is 4.74 Å². The maximum Gasteiger partial charge on any atom is 0.338 e. The van der Waals surface area contributed by atoms with Crippen molar-refractivity contribution in [2.24, 2.45) is 0 Å². The fourth-order valence-electron chi connectivity index (χ4n) is 1.82. The molecule has 2 amide bonds. The third kappa shape index (κ3) is 3.15. The first-order chi connectivity index (χ1) is 9.08. The van der Waals surface area contributed by atoms with Gasteiger partial charge in [0.05, 0.1) is 12.1 Å². The van der Waals surface area contributed by atoms with Gasteiger partial charge in [-0.05, 0) is 24.6 Å². The van der Waals surface area contributed by atoms with E-state index in [-0.39, 0.29) is 12.6 Å². The van der Waals surface area contributed by atoms with Crippen LogP contribution in [0.3, 0.4) is 0 Å². The Morgan fingerprint density at radius 1 is 1.53 bits per heavy atom. The van der Waals surface area contributed by atoms with Crippen LogP contribution in [0.1, 0.15) is 15.9 Å². The molecule has 0 radical (unpaired) electrons. The number of nitrogens with one attached hydrogen (secondary N) is 1. The van der Waals surface area contributed by atoms with E-state index in [1.807, 2.05) is 6.92 Å². The fourth-order valence-corrected chi connectivity index (χ4v) is 1.82. The van der Waals surface area contributed by atoms with Gasteiger partial charge in [-0.25, -0.2) is 9.59 Å². The molecule has 0 atom stereocenters. The van der Waals surface area contributed by atoms with Crippen molar-refractivity contribution in [3.8, 4) is 0 Å². The number of ether oxygens (including phenoxy) is 1. The molecule has 0 unspecified atom stereocenters. The number of urea groups is 1. The molecule has 102 valence electrons. The van der Waals surface area contributed by atoms with Crippen molar-refractivity contribution in [3.05, 3.63) is 29.3 Å². The minimum Gasteiger partial charge on any atom is -0.460 e. The van der Waals surface area contributed by atoms with Crippen LogP contribution in [0.25, 0.3) is 0 Å². The number of benzene rings is 1. The molecular formula is C13H17N3O3. The molecule has 0 bridgehead atoms. The number of carbonyl (C=O) groups excluding carboxylic acids is 2. The summed E-state index contributed by atoms with van der Waals surface area (Å²) >= 11 is 0. The van der Waals surface area contributed by atoms with Crippen LogP contribution in [-0.4, -0.2) is 43.1 Å². The zero-order valence-corrected chi connectivity index (χ0v) is 10.8. The summed E-state index contributed by atoms with van der Waals surface area (Å²) in [4.78, 5) is 24.6. The summed E-state index contributed by atoms with van der Waals surface area (Å²) in [6.07, 6.45) is 0. The molecule has 1 aromatic carbocycles. The van der Waals surface area contributed by atoms with E-state index < -0.39 is 5.97 Å². The highest BCUT2D eigenvalue weighted by Crippen LogP contribution is 2.13. The number of nitrogen functional groups attached to an aromatic ring is 1. The fraction of sp³-hybridized carbons (Fsp3) is 0.385. The highest BCUT2D eigenvalue weighted by atomic mass is 16.5. The molecule has 0 aliphatic carbocycles. The van der Waals surface area contributed by atoms with Gasteiger partial charge in [-0.3, -0.25) is 0 Å². The molecule has 1 aliphatic heterocycles. The Morgan fingerprint density at radius 2 is 2.32 bits per heavy atom. The monoisotopic (exact) mass is 263 g/mol. The Hall–Kier alpha value is -2.24. The number of nitrogens with two attached hydrogens (primary N) is 1. The van der Waals surface area contributed by atoms with Crippen LogP contribution in [0.4, 0.5) is 10.5 Å². The summed E-state index contributed by atoms with van der Waals surface area (Å²) in [5.41, 5.74) is 7.65. The van der Waals surface area contributed by atoms with Gasteiger partial charge in [-0.1, -0.05) is 6.07 Å². The minimum absolute atomic E-state index is 0.115. The molecule has 19 heavy (non-hydrogen) atoms. The lowest BCUT2D eigenvalue weighted by Gasteiger charge is -2.14. The zero-order valence-electron chi connectivity index (χ0n) is 10.8. The van der Waals surface area contributed by atoms with Crippen molar-refractivity contribution < 1.29 is 14.3 Å². The molecule has 0 aromatic heterocycles. The Kier molecular flexibility index (Phi) is 3.89. The average Bonchev–Trinajstić information content (AvgIpc) is 2.78.